The van der Waals surface area contributed by atoms with Crippen molar-refractivity contribution in [3.63, 3.8) is 0 Å². The number of nitrogens with one attached hydrogen (secondary N) is 1. The molecule has 1 aromatic carbocycles. The Morgan fingerprint density at radius 2 is 1.89 bits per heavy atom. The summed E-state index contributed by atoms with van der Waals surface area (Å²) >= 11 is 0. The van der Waals surface area contributed by atoms with Crippen molar-refractivity contribution in [3.05, 3.63) is 35.4 Å². The molecule has 1 fully saturated rings. The fraction of sp³-hybridized carbons (Fsp3) is 0.417. The summed E-state index contributed by atoms with van der Waals surface area (Å²) in [6.45, 7) is 1.53. The molecule has 3 N–H and O–H groups in total. The van der Waals surface area contributed by atoms with Crippen LogP contribution in [0.3, 0.4) is 0 Å². The van der Waals surface area contributed by atoms with Gasteiger partial charge in [0.05, 0.1) is 11.6 Å². The van der Waals surface area contributed by atoms with Crippen LogP contribution in [0.15, 0.2) is 18.2 Å². The number of nitrogens with two attached hydrogens (primary N) is 1. The standard InChI is InChI=1S/C12H14F2N2O.ClH/c1-7(16-11(17)12(15)5-6-12)10-8(13)3-2-4-9(10)14;/h2-4,7H,5-6,15H2,1H3,(H,16,17);1H. The van der Waals surface area contributed by atoms with Crippen molar-refractivity contribution in [2.75, 3.05) is 0 Å². The summed E-state index contributed by atoms with van der Waals surface area (Å²) in [6.07, 6.45) is 1.23. The van der Waals surface area contributed by atoms with Crippen molar-refractivity contribution in [1.29, 1.82) is 0 Å². The van der Waals surface area contributed by atoms with E-state index >= 15 is 0 Å². The summed E-state index contributed by atoms with van der Waals surface area (Å²) in [7, 11) is 0. The van der Waals surface area contributed by atoms with Gasteiger partial charge in [0.25, 0.3) is 0 Å². The molecular formula is C12H15ClF2N2O. The summed E-state index contributed by atoms with van der Waals surface area (Å²) in [4.78, 5) is 11.7. The molecule has 1 unspecified atom stereocenters. The first kappa shape index (κ1) is 14.9. The summed E-state index contributed by atoms with van der Waals surface area (Å²) in [5.41, 5.74) is 4.72. The van der Waals surface area contributed by atoms with Crippen molar-refractivity contribution in [2.24, 2.45) is 5.73 Å². The molecule has 3 nitrogen and oxygen atoms in total. The largest absolute Gasteiger partial charge is 0.348 e. The molecule has 1 aromatic rings. The molecule has 1 saturated carbocycles. The van der Waals surface area contributed by atoms with Crippen LogP contribution in [0.4, 0.5) is 8.78 Å². The molecule has 2 rings (SSSR count). The Morgan fingerprint density at radius 1 is 1.39 bits per heavy atom. The summed E-state index contributed by atoms with van der Waals surface area (Å²) < 4.78 is 26.9. The van der Waals surface area contributed by atoms with Crippen molar-refractivity contribution < 1.29 is 13.6 Å². The van der Waals surface area contributed by atoms with Crippen molar-refractivity contribution in [3.8, 4) is 0 Å². The molecule has 6 heteroatoms. The predicted molar refractivity (Wildman–Crippen MR) is 66.3 cm³/mol. The molecule has 0 radical (unpaired) electrons. The van der Waals surface area contributed by atoms with Crippen LogP contribution in [0.5, 0.6) is 0 Å². The molecule has 0 heterocycles. The Kier molecular flexibility index (Phi) is 4.29. The number of carbonyl (C=O) groups excluding carboxylic acids is 1. The van der Waals surface area contributed by atoms with Crippen LogP contribution in [0.2, 0.25) is 0 Å². The Bertz CT molecular complexity index is 443. The van der Waals surface area contributed by atoms with Crippen LogP contribution in [0.1, 0.15) is 31.4 Å². The third-order valence-electron chi connectivity index (χ3n) is 3.02. The van der Waals surface area contributed by atoms with Gasteiger partial charge in [-0.05, 0) is 31.9 Å². The maximum Gasteiger partial charge on any atom is 0.240 e. The third-order valence-corrected chi connectivity index (χ3v) is 3.02. The molecule has 0 aromatic heterocycles. The number of amides is 1. The average Bonchev–Trinajstić information content (AvgIpc) is 2.97. The van der Waals surface area contributed by atoms with Gasteiger partial charge in [0.1, 0.15) is 11.6 Å². The van der Waals surface area contributed by atoms with Crippen molar-refractivity contribution in [1.82, 2.24) is 5.32 Å². The second kappa shape index (κ2) is 5.20. The van der Waals surface area contributed by atoms with Gasteiger partial charge in [0.15, 0.2) is 0 Å². The normalized spacial score (nSPS) is 17.6. The molecule has 100 valence electrons. The minimum Gasteiger partial charge on any atom is -0.348 e. The van der Waals surface area contributed by atoms with Crippen LogP contribution in [-0.2, 0) is 4.79 Å². The topological polar surface area (TPSA) is 55.1 Å². The molecular weight excluding hydrogens is 262 g/mol. The number of benzene rings is 1. The molecule has 1 aliphatic rings. The van der Waals surface area contributed by atoms with Gasteiger partial charge in [-0.15, -0.1) is 12.4 Å². The van der Waals surface area contributed by atoms with Crippen LogP contribution < -0.4 is 11.1 Å². The van der Waals surface area contributed by atoms with Crippen LogP contribution in [0, 0.1) is 11.6 Å². The van der Waals surface area contributed by atoms with E-state index in [9.17, 15) is 13.6 Å². The Morgan fingerprint density at radius 3 is 2.33 bits per heavy atom. The highest BCUT2D eigenvalue weighted by Crippen LogP contribution is 2.33. The molecule has 1 amide bonds. The van der Waals surface area contributed by atoms with Crippen LogP contribution >= 0.6 is 12.4 Å². The SMILES string of the molecule is CC(NC(=O)C1(N)CC1)c1c(F)cccc1F.Cl. The zero-order valence-electron chi connectivity index (χ0n) is 9.87. The van der Waals surface area contributed by atoms with Crippen LogP contribution in [-0.4, -0.2) is 11.4 Å². The lowest BCUT2D eigenvalue weighted by atomic mass is 10.1. The lowest BCUT2D eigenvalue weighted by molar-refractivity contribution is -0.123. The van der Waals surface area contributed by atoms with Crippen molar-refractivity contribution >= 4 is 18.3 Å². The van der Waals surface area contributed by atoms with E-state index in [0.717, 1.165) is 12.1 Å². The highest BCUT2D eigenvalue weighted by molar-refractivity contribution is 5.89. The van der Waals surface area contributed by atoms with Gasteiger partial charge in [-0.1, -0.05) is 6.07 Å². The van der Waals surface area contributed by atoms with E-state index < -0.39 is 23.2 Å². The van der Waals surface area contributed by atoms with Gasteiger partial charge in [0.2, 0.25) is 5.91 Å². The minimum atomic E-state index is -0.837. The Balaban J connectivity index is 0.00000162. The molecule has 0 aliphatic heterocycles. The summed E-state index contributed by atoms with van der Waals surface area (Å²) in [5.74, 6) is -1.69. The lowest BCUT2D eigenvalue weighted by Gasteiger charge is -2.18. The van der Waals surface area contributed by atoms with Gasteiger partial charge < -0.3 is 11.1 Å². The first-order valence-corrected chi connectivity index (χ1v) is 5.48. The molecule has 0 spiro atoms. The van der Waals surface area contributed by atoms with E-state index in [1.807, 2.05) is 0 Å². The maximum absolute atomic E-state index is 13.4. The lowest BCUT2D eigenvalue weighted by Crippen LogP contribution is -2.43. The summed E-state index contributed by atoms with van der Waals surface area (Å²) in [5, 5.41) is 2.54. The second-order valence-corrected chi connectivity index (χ2v) is 4.49. The fourth-order valence-electron chi connectivity index (χ4n) is 1.70. The first-order valence-electron chi connectivity index (χ1n) is 5.48. The van der Waals surface area contributed by atoms with E-state index in [1.165, 1.54) is 13.0 Å². The quantitative estimate of drug-likeness (QED) is 0.888. The van der Waals surface area contributed by atoms with E-state index in [-0.39, 0.29) is 23.9 Å². The molecule has 18 heavy (non-hydrogen) atoms. The number of hydrogen-bond acceptors (Lipinski definition) is 2. The monoisotopic (exact) mass is 276 g/mol. The molecule has 0 saturated heterocycles. The van der Waals surface area contributed by atoms with Gasteiger partial charge in [-0.2, -0.15) is 0 Å². The smallest absolute Gasteiger partial charge is 0.240 e. The maximum atomic E-state index is 13.4. The second-order valence-electron chi connectivity index (χ2n) is 4.49. The zero-order chi connectivity index (χ0) is 12.6. The van der Waals surface area contributed by atoms with E-state index in [2.05, 4.69) is 5.32 Å². The van der Waals surface area contributed by atoms with Crippen LogP contribution in [0.25, 0.3) is 0 Å². The molecule has 1 aliphatic carbocycles. The fourth-order valence-corrected chi connectivity index (χ4v) is 1.70. The number of halogens is 3. The highest BCUT2D eigenvalue weighted by atomic mass is 35.5. The number of rotatable bonds is 3. The highest BCUT2D eigenvalue weighted by Gasteiger charge is 2.46. The van der Waals surface area contributed by atoms with E-state index in [1.54, 1.807) is 0 Å². The molecule has 1 atom stereocenters. The number of carbonyl (C=O) groups is 1. The average molecular weight is 277 g/mol. The van der Waals surface area contributed by atoms with Crippen molar-refractivity contribution in [2.45, 2.75) is 31.3 Å². The van der Waals surface area contributed by atoms with E-state index in [4.69, 9.17) is 5.73 Å². The molecule has 0 bridgehead atoms. The minimum absolute atomic E-state index is 0. The summed E-state index contributed by atoms with van der Waals surface area (Å²) in [6, 6.07) is 2.88. The van der Waals surface area contributed by atoms with Gasteiger partial charge in [0, 0.05) is 5.56 Å². The first-order chi connectivity index (χ1) is 7.94. The third kappa shape index (κ3) is 2.79. The predicted octanol–water partition coefficient (Wildman–Crippen LogP) is 2.06. The van der Waals surface area contributed by atoms with E-state index in [0.29, 0.717) is 12.8 Å². The Hall–Kier alpha value is -1.20. The Labute approximate surface area is 110 Å². The van der Waals surface area contributed by atoms with Gasteiger partial charge in [-0.25, -0.2) is 8.78 Å². The number of hydrogen-bond donors (Lipinski definition) is 2. The van der Waals surface area contributed by atoms with Gasteiger partial charge >= 0.3 is 0 Å². The van der Waals surface area contributed by atoms with Gasteiger partial charge in [-0.3, -0.25) is 4.79 Å². The zero-order valence-corrected chi connectivity index (χ0v) is 10.7.